The summed E-state index contributed by atoms with van der Waals surface area (Å²) in [5, 5.41) is 10.4. The first-order valence-corrected chi connectivity index (χ1v) is 6.72. The van der Waals surface area contributed by atoms with Crippen molar-refractivity contribution < 1.29 is 9.50 Å². The van der Waals surface area contributed by atoms with Gasteiger partial charge >= 0.3 is 0 Å². The van der Waals surface area contributed by atoms with E-state index in [2.05, 4.69) is 22.5 Å². The van der Waals surface area contributed by atoms with Crippen molar-refractivity contribution in [1.82, 2.24) is 0 Å². The maximum atomic E-state index is 12.9. The van der Waals surface area contributed by atoms with Gasteiger partial charge in [0.2, 0.25) is 0 Å². The van der Waals surface area contributed by atoms with Crippen LogP contribution in [0.1, 0.15) is 23.1 Å². The molecule has 1 N–H and O–H groups in total. The largest absolute Gasteiger partial charge is 0.387 e. The highest BCUT2D eigenvalue weighted by Crippen LogP contribution is 2.32. The smallest absolute Gasteiger partial charge is 0.123 e. The quantitative estimate of drug-likeness (QED) is 0.817. The Kier molecular flexibility index (Phi) is 4.51. The molecule has 0 aromatic heterocycles. The molecule has 0 bridgehead atoms. The predicted octanol–water partition coefficient (Wildman–Crippen LogP) is 4.59. The van der Waals surface area contributed by atoms with E-state index in [-0.39, 0.29) is 11.7 Å². The average molecular weight is 321 g/mol. The van der Waals surface area contributed by atoms with Crippen LogP contribution < -0.4 is 0 Å². The highest BCUT2D eigenvalue weighted by atomic mass is 79.9. The Morgan fingerprint density at radius 2 is 1.53 bits per heavy atom. The number of hydrogen-bond acceptors (Lipinski definition) is 1. The molecule has 0 fully saturated rings. The Morgan fingerprint density at radius 1 is 1.00 bits per heavy atom. The maximum Gasteiger partial charge on any atom is 0.123 e. The maximum absolute atomic E-state index is 12.9. The predicted molar refractivity (Wildman–Crippen MR) is 78.4 cm³/mol. The first kappa shape index (κ1) is 14.0. The standard InChI is InChI=1S/C16H14BrFO/c1-2-15(11-5-9-14(18)10-6-11)16(19)12-3-7-13(17)8-4-12/h2-10,15-16,19H,1H2/t15-,16-/m1/s1. The van der Waals surface area contributed by atoms with Crippen LogP contribution in [0.25, 0.3) is 0 Å². The Hall–Kier alpha value is -1.45. The second kappa shape index (κ2) is 6.13. The Balaban J connectivity index is 2.28. The minimum atomic E-state index is -0.698. The molecule has 2 rings (SSSR count). The third-order valence-electron chi connectivity index (χ3n) is 3.06. The first-order chi connectivity index (χ1) is 9.11. The van der Waals surface area contributed by atoms with Crippen LogP contribution in [-0.4, -0.2) is 5.11 Å². The molecular weight excluding hydrogens is 307 g/mol. The monoisotopic (exact) mass is 320 g/mol. The number of hydrogen-bond donors (Lipinski definition) is 1. The third-order valence-corrected chi connectivity index (χ3v) is 3.59. The topological polar surface area (TPSA) is 20.2 Å². The van der Waals surface area contributed by atoms with E-state index in [9.17, 15) is 9.50 Å². The van der Waals surface area contributed by atoms with E-state index in [1.807, 2.05) is 24.3 Å². The van der Waals surface area contributed by atoms with Gasteiger partial charge in [-0.05, 0) is 35.4 Å². The molecule has 2 aromatic rings. The molecule has 19 heavy (non-hydrogen) atoms. The Morgan fingerprint density at radius 3 is 2.05 bits per heavy atom. The van der Waals surface area contributed by atoms with Crippen LogP contribution in [0.4, 0.5) is 4.39 Å². The van der Waals surface area contributed by atoms with Gasteiger partial charge in [0, 0.05) is 10.4 Å². The van der Waals surface area contributed by atoms with Gasteiger partial charge in [-0.15, -0.1) is 6.58 Å². The van der Waals surface area contributed by atoms with Gasteiger partial charge < -0.3 is 5.11 Å². The molecule has 0 saturated heterocycles. The second-order valence-electron chi connectivity index (χ2n) is 4.31. The molecule has 1 nitrogen and oxygen atoms in total. The summed E-state index contributed by atoms with van der Waals surface area (Å²) in [5.74, 6) is -0.550. The molecule has 3 heteroatoms. The van der Waals surface area contributed by atoms with Crippen LogP contribution in [0.15, 0.2) is 65.7 Å². The van der Waals surface area contributed by atoms with Crippen molar-refractivity contribution in [3.05, 3.63) is 82.6 Å². The van der Waals surface area contributed by atoms with Crippen molar-refractivity contribution in [1.29, 1.82) is 0 Å². The second-order valence-corrected chi connectivity index (χ2v) is 5.23. The van der Waals surface area contributed by atoms with Crippen LogP contribution in [-0.2, 0) is 0 Å². The zero-order valence-corrected chi connectivity index (χ0v) is 11.8. The van der Waals surface area contributed by atoms with Crippen molar-refractivity contribution in [2.45, 2.75) is 12.0 Å². The molecule has 0 amide bonds. The van der Waals surface area contributed by atoms with Crippen molar-refractivity contribution in [2.75, 3.05) is 0 Å². The van der Waals surface area contributed by atoms with Crippen LogP contribution in [0, 0.1) is 5.82 Å². The molecule has 0 aliphatic heterocycles. The van der Waals surface area contributed by atoms with Crippen molar-refractivity contribution in [3.63, 3.8) is 0 Å². The fraction of sp³-hybridized carbons (Fsp3) is 0.125. The van der Waals surface area contributed by atoms with Crippen LogP contribution in [0.3, 0.4) is 0 Å². The molecular formula is C16H14BrFO. The van der Waals surface area contributed by atoms with Gasteiger partial charge in [0.25, 0.3) is 0 Å². The lowest BCUT2D eigenvalue weighted by Crippen LogP contribution is -2.08. The molecule has 0 aliphatic carbocycles. The van der Waals surface area contributed by atoms with Gasteiger partial charge in [0.05, 0.1) is 6.10 Å². The summed E-state index contributed by atoms with van der Waals surface area (Å²) >= 11 is 3.36. The molecule has 0 saturated carbocycles. The van der Waals surface area contributed by atoms with E-state index in [1.165, 1.54) is 12.1 Å². The highest BCUT2D eigenvalue weighted by Gasteiger charge is 2.19. The van der Waals surface area contributed by atoms with Crippen molar-refractivity contribution >= 4 is 15.9 Å². The van der Waals surface area contributed by atoms with Crippen molar-refractivity contribution in [3.8, 4) is 0 Å². The zero-order chi connectivity index (χ0) is 13.8. The lowest BCUT2D eigenvalue weighted by Gasteiger charge is -2.20. The van der Waals surface area contributed by atoms with E-state index < -0.39 is 6.10 Å². The van der Waals surface area contributed by atoms with E-state index in [0.29, 0.717) is 0 Å². The summed E-state index contributed by atoms with van der Waals surface area (Å²) in [6.07, 6.45) is 0.982. The number of benzene rings is 2. The molecule has 0 unspecified atom stereocenters. The van der Waals surface area contributed by atoms with Crippen LogP contribution in [0.5, 0.6) is 0 Å². The lowest BCUT2D eigenvalue weighted by molar-refractivity contribution is 0.162. The molecule has 2 aromatic carbocycles. The van der Waals surface area contributed by atoms with Gasteiger partial charge in [-0.25, -0.2) is 4.39 Å². The first-order valence-electron chi connectivity index (χ1n) is 5.93. The van der Waals surface area contributed by atoms with E-state index in [4.69, 9.17) is 0 Å². The fourth-order valence-electron chi connectivity index (χ4n) is 2.00. The normalized spacial score (nSPS) is 13.8. The van der Waals surface area contributed by atoms with E-state index >= 15 is 0 Å². The summed E-state index contributed by atoms with van der Waals surface area (Å²) in [5.41, 5.74) is 1.64. The molecule has 0 spiro atoms. The molecule has 0 aliphatic rings. The van der Waals surface area contributed by atoms with Crippen molar-refractivity contribution in [2.24, 2.45) is 0 Å². The molecule has 2 atom stereocenters. The number of halogens is 2. The Bertz CT molecular complexity index is 548. The third kappa shape index (κ3) is 3.31. The number of aliphatic hydroxyl groups is 1. The van der Waals surface area contributed by atoms with E-state index in [1.54, 1.807) is 18.2 Å². The average Bonchev–Trinajstić information content (AvgIpc) is 2.42. The van der Waals surface area contributed by atoms with Gasteiger partial charge in [-0.3, -0.25) is 0 Å². The fourth-order valence-corrected chi connectivity index (χ4v) is 2.26. The lowest BCUT2D eigenvalue weighted by atomic mass is 9.89. The summed E-state index contributed by atoms with van der Waals surface area (Å²) in [7, 11) is 0. The summed E-state index contributed by atoms with van der Waals surface area (Å²) in [6.45, 7) is 3.76. The summed E-state index contributed by atoms with van der Waals surface area (Å²) < 4.78 is 13.9. The number of rotatable bonds is 4. The summed E-state index contributed by atoms with van der Waals surface area (Å²) in [4.78, 5) is 0. The summed E-state index contributed by atoms with van der Waals surface area (Å²) in [6, 6.07) is 13.6. The minimum Gasteiger partial charge on any atom is -0.387 e. The SMILES string of the molecule is C=C[C@H](c1ccc(F)cc1)[C@H](O)c1ccc(Br)cc1. The van der Waals surface area contributed by atoms with E-state index in [0.717, 1.165) is 15.6 Å². The highest BCUT2D eigenvalue weighted by molar-refractivity contribution is 9.10. The molecule has 0 radical (unpaired) electrons. The minimum absolute atomic E-state index is 0.262. The van der Waals surface area contributed by atoms with Gasteiger partial charge in [0.15, 0.2) is 0 Å². The molecule has 98 valence electrons. The van der Waals surface area contributed by atoms with Crippen LogP contribution >= 0.6 is 15.9 Å². The van der Waals surface area contributed by atoms with Gasteiger partial charge in [0.1, 0.15) is 5.82 Å². The van der Waals surface area contributed by atoms with Gasteiger partial charge in [-0.2, -0.15) is 0 Å². The Labute approximate surface area is 120 Å². The van der Waals surface area contributed by atoms with Crippen LogP contribution in [0.2, 0.25) is 0 Å². The zero-order valence-electron chi connectivity index (χ0n) is 10.3. The number of aliphatic hydroxyl groups excluding tert-OH is 1. The van der Waals surface area contributed by atoms with Gasteiger partial charge in [-0.1, -0.05) is 46.3 Å². The molecule has 0 heterocycles.